The van der Waals surface area contributed by atoms with Gasteiger partial charge in [-0.1, -0.05) is 50.2 Å². The van der Waals surface area contributed by atoms with E-state index in [1.165, 1.54) is 32.4 Å². The second-order valence-electron chi connectivity index (χ2n) is 6.07. The first kappa shape index (κ1) is 15.6. The summed E-state index contributed by atoms with van der Waals surface area (Å²) in [5, 5.41) is 10.4. The van der Waals surface area contributed by atoms with E-state index in [0.717, 1.165) is 23.2 Å². The summed E-state index contributed by atoms with van der Waals surface area (Å²) in [4.78, 5) is 2.50. The van der Waals surface area contributed by atoms with Crippen LogP contribution in [0.1, 0.15) is 38.9 Å². The van der Waals surface area contributed by atoms with Gasteiger partial charge in [0, 0.05) is 10.9 Å². The third-order valence-corrected chi connectivity index (χ3v) is 4.82. The summed E-state index contributed by atoms with van der Waals surface area (Å²) in [5.41, 5.74) is 1.16. The molecule has 1 aliphatic heterocycles. The fourth-order valence-electron chi connectivity index (χ4n) is 2.84. The molecular weight excluding hydrogens is 292 g/mol. The van der Waals surface area contributed by atoms with Crippen LogP contribution >= 0.6 is 11.8 Å². The van der Waals surface area contributed by atoms with Gasteiger partial charge in [0.2, 0.25) is 0 Å². The molecule has 1 fully saturated rings. The molecule has 0 unspecified atom stereocenters. The smallest absolute Gasteiger partial charge is 0.196 e. The van der Waals surface area contributed by atoms with Crippen LogP contribution in [0, 0.1) is 0 Å². The van der Waals surface area contributed by atoms with Gasteiger partial charge in [-0.3, -0.25) is 9.47 Å². The second kappa shape index (κ2) is 7.29. The molecule has 5 heteroatoms. The summed E-state index contributed by atoms with van der Waals surface area (Å²) in [7, 11) is 0. The van der Waals surface area contributed by atoms with Gasteiger partial charge in [0.25, 0.3) is 0 Å². The second-order valence-corrected chi connectivity index (χ2v) is 7.62. The summed E-state index contributed by atoms with van der Waals surface area (Å²) in [5.74, 6) is 1.05. The Morgan fingerprint density at radius 3 is 2.45 bits per heavy atom. The Morgan fingerprint density at radius 2 is 1.77 bits per heavy atom. The van der Waals surface area contributed by atoms with E-state index < -0.39 is 0 Å². The summed E-state index contributed by atoms with van der Waals surface area (Å²) in [6.07, 6.45) is 3.95. The average Bonchev–Trinajstić information content (AvgIpc) is 2.91. The van der Waals surface area contributed by atoms with Crippen LogP contribution in [0.3, 0.4) is 0 Å². The molecule has 1 aliphatic rings. The van der Waals surface area contributed by atoms with Crippen molar-refractivity contribution in [3.63, 3.8) is 0 Å². The Bertz CT molecular complexity index is 588. The van der Waals surface area contributed by atoms with Gasteiger partial charge in [-0.2, -0.15) is 0 Å². The number of benzene rings is 1. The number of rotatable bonds is 5. The monoisotopic (exact) mass is 316 g/mol. The fraction of sp³-hybridized carbons (Fsp3) is 0.529. The maximum absolute atomic E-state index is 4.49. The van der Waals surface area contributed by atoms with Crippen molar-refractivity contribution in [1.29, 1.82) is 0 Å². The fourth-order valence-corrected chi connectivity index (χ4v) is 3.67. The Hall–Kier alpha value is -1.33. The highest BCUT2D eigenvalue weighted by atomic mass is 32.2. The van der Waals surface area contributed by atoms with Gasteiger partial charge in [-0.15, -0.1) is 10.2 Å². The van der Waals surface area contributed by atoms with Crippen molar-refractivity contribution in [2.75, 3.05) is 13.1 Å². The Kier molecular flexibility index (Phi) is 5.16. The number of likely N-dealkylation sites (tertiary alicyclic amines) is 1. The van der Waals surface area contributed by atoms with Crippen LogP contribution in [0.25, 0.3) is 5.69 Å². The molecule has 4 nitrogen and oxygen atoms in total. The van der Waals surface area contributed by atoms with Crippen LogP contribution in [-0.2, 0) is 6.54 Å². The predicted molar refractivity (Wildman–Crippen MR) is 91.5 cm³/mol. The van der Waals surface area contributed by atoms with Crippen LogP contribution in [0.4, 0.5) is 0 Å². The lowest BCUT2D eigenvalue weighted by molar-refractivity contribution is 0.214. The minimum atomic E-state index is 0.495. The van der Waals surface area contributed by atoms with Crippen molar-refractivity contribution in [2.45, 2.75) is 50.1 Å². The van der Waals surface area contributed by atoms with E-state index in [9.17, 15) is 0 Å². The molecule has 2 heterocycles. The van der Waals surface area contributed by atoms with E-state index in [-0.39, 0.29) is 0 Å². The molecule has 1 saturated heterocycles. The van der Waals surface area contributed by atoms with E-state index in [1.807, 2.05) is 6.07 Å². The average molecular weight is 316 g/mol. The van der Waals surface area contributed by atoms with Gasteiger partial charge in [0.05, 0.1) is 6.54 Å². The molecule has 0 N–H and O–H groups in total. The topological polar surface area (TPSA) is 34.0 Å². The summed E-state index contributed by atoms with van der Waals surface area (Å²) < 4.78 is 2.22. The molecule has 0 amide bonds. The normalized spacial score (nSPS) is 16.3. The molecule has 0 saturated carbocycles. The first-order valence-electron chi connectivity index (χ1n) is 8.13. The highest BCUT2D eigenvalue weighted by Crippen LogP contribution is 2.26. The van der Waals surface area contributed by atoms with Gasteiger partial charge in [-0.05, 0) is 38.1 Å². The lowest BCUT2D eigenvalue weighted by atomic mass is 10.1. The lowest BCUT2D eigenvalue weighted by Gasteiger charge is -2.26. The van der Waals surface area contributed by atoms with Gasteiger partial charge in [0.15, 0.2) is 11.0 Å². The van der Waals surface area contributed by atoms with Crippen molar-refractivity contribution in [2.24, 2.45) is 0 Å². The summed E-state index contributed by atoms with van der Waals surface area (Å²) in [6, 6.07) is 10.5. The SMILES string of the molecule is CC(C)Sc1nnc(CN2CCCCC2)n1-c1ccccc1. The minimum Gasteiger partial charge on any atom is -0.296 e. The molecule has 22 heavy (non-hydrogen) atoms. The highest BCUT2D eigenvalue weighted by Gasteiger charge is 2.19. The van der Waals surface area contributed by atoms with Crippen LogP contribution < -0.4 is 0 Å². The van der Waals surface area contributed by atoms with Crippen LogP contribution in [0.15, 0.2) is 35.5 Å². The molecule has 118 valence electrons. The summed E-state index contributed by atoms with van der Waals surface area (Å²) >= 11 is 1.77. The number of hydrogen-bond donors (Lipinski definition) is 0. The number of aromatic nitrogens is 3. The van der Waals surface area contributed by atoms with Gasteiger partial charge >= 0.3 is 0 Å². The molecular formula is C17H24N4S. The zero-order valence-electron chi connectivity index (χ0n) is 13.4. The highest BCUT2D eigenvalue weighted by molar-refractivity contribution is 7.99. The minimum absolute atomic E-state index is 0.495. The van der Waals surface area contributed by atoms with Crippen molar-refractivity contribution in [3.05, 3.63) is 36.2 Å². The standard InChI is InChI=1S/C17H24N4S/c1-14(2)22-17-19-18-16(13-20-11-7-4-8-12-20)21(17)15-9-5-3-6-10-15/h3,5-6,9-10,14H,4,7-8,11-13H2,1-2H3. The molecule has 0 atom stereocenters. The van der Waals surface area contributed by atoms with E-state index >= 15 is 0 Å². The first-order chi connectivity index (χ1) is 10.7. The third-order valence-electron chi connectivity index (χ3n) is 3.87. The van der Waals surface area contributed by atoms with Crippen LogP contribution in [0.5, 0.6) is 0 Å². The number of hydrogen-bond acceptors (Lipinski definition) is 4. The molecule has 1 aromatic heterocycles. The van der Waals surface area contributed by atoms with E-state index in [2.05, 4.69) is 57.8 Å². The van der Waals surface area contributed by atoms with E-state index in [0.29, 0.717) is 5.25 Å². The van der Waals surface area contributed by atoms with Crippen molar-refractivity contribution >= 4 is 11.8 Å². The lowest BCUT2D eigenvalue weighted by Crippen LogP contribution is -2.30. The molecule has 0 aliphatic carbocycles. The van der Waals surface area contributed by atoms with Crippen LogP contribution in [-0.4, -0.2) is 38.0 Å². The largest absolute Gasteiger partial charge is 0.296 e. The zero-order valence-corrected chi connectivity index (χ0v) is 14.2. The van der Waals surface area contributed by atoms with Crippen molar-refractivity contribution < 1.29 is 0 Å². The van der Waals surface area contributed by atoms with E-state index in [4.69, 9.17) is 0 Å². The quantitative estimate of drug-likeness (QED) is 0.787. The maximum atomic E-state index is 4.49. The first-order valence-corrected chi connectivity index (χ1v) is 9.01. The number of thioether (sulfide) groups is 1. The van der Waals surface area contributed by atoms with Crippen molar-refractivity contribution in [1.82, 2.24) is 19.7 Å². The van der Waals surface area contributed by atoms with Gasteiger partial charge in [-0.25, -0.2) is 0 Å². The third kappa shape index (κ3) is 3.70. The molecule has 0 spiro atoms. The Balaban J connectivity index is 1.90. The van der Waals surface area contributed by atoms with Gasteiger partial charge in [0.1, 0.15) is 0 Å². The molecule has 0 radical (unpaired) electrons. The number of nitrogens with zero attached hydrogens (tertiary/aromatic N) is 4. The predicted octanol–water partition coefficient (Wildman–Crippen LogP) is 3.75. The maximum Gasteiger partial charge on any atom is 0.196 e. The zero-order chi connectivity index (χ0) is 15.4. The number of piperidine rings is 1. The molecule has 3 rings (SSSR count). The molecule has 0 bridgehead atoms. The van der Waals surface area contributed by atoms with Crippen molar-refractivity contribution in [3.8, 4) is 5.69 Å². The molecule has 2 aromatic rings. The van der Waals surface area contributed by atoms with Crippen LogP contribution in [0.2, 0.25) is 0 Å². The van der Waals surface area contributed by atoms with E-state index in [1.54, 1.807) is 11.8 Å². The molecule has 1 aromatic carbocycles. The number of para-hydroxylation sites is 1. The van der Waals surface area contributed by atoms with Gasteiger partial charge < -0.3 is 0 Å². The Morgan fingerprint density at radius 1 is 1.05 bits per heavy atom. The Labute approximate surface area is 136 Å². The summed E-state index contributed by atoms with van der Waals surface area (Å²) in [6.45, 7) is 7.63.